The molecule has 0 radical (unpaired) electrons. The van der Waals surface area contributed by atoms with E-state index in [0.29, 0.717) is 6.04 Å². The third kappa shape index (κ3) is 2.22. The first-order valence-corrected chi connectivity index (χ1v) is 9.26. The standard InChI is InChI=1S/C16H23N3S/c1-20-16-18-13-5-3-2-4-12(13)15(19-16)17-14-9-10-6-7-11(14)8-10/h10-11,14H,2-9H2,1H3,(H,17,18,19). The summed E-state index contributed by atoms with van der Waals surface area (Å²) in [5, 5.41) is 4.75. The predicted octanol–water partition coefficient (Wildman–Crippen LogP) is 3.68. The van der Waals surface area contributed by atoms with Gasteiger partial charge in [0.25, 0.3) is 0 Å². The van der Waals surface area contributed by atoms with Crippen LogP contribution in [-0.4, -0.2) is 22.3 Å². The van der Waals surface area contributed by atoms with Crippen LogP contribution in [0.5, 0.6) is 0 Å². The number of nitrogens with zero attached hydrogens (tertiary/aromatic N) is 2. The maximum Gasteiger partial charge on any atom is 0.189 e. The van der Waals surface area contributed by atoms with Gasteiger partial charge in [0.15, 0.2) is 5.16 Å². The normalized spacial score (nSPS) is 31.4. The summed E-state index contributed by atoms with van der Waals surface area (Å²) >= 11 is 1.67. The molecule has 4 heteroatoms. The minimum atomic E-state index is 0.671. The lowest BCUT2D eigenvalue weighted by molar-refractivity contribution is 0.438. The Morgan fingerprint density at radius 1 is 1.10 bits per heavy atom. The average Bonchev–Trinajstić information content (AvgIpc) is 3.09. The largest absolute Gasteiger partial charge is 0.367 e. The van der Waals surface area contributed by atoms with Crippen LogP contribution in [0.1, 0.15) is 49.8 Å². The lowest BCUT2D eigenvalue weighted by Gasteiger charge is -2.26. The van der Waals surface area contributed by atoms with E-state index in [1.54, 1.807) is 11.8 Å². The molecule has 1 aromatic rings. The summed E-state index contributed by atoms with van der Waals surface area (Å²) in [6.45, 7) is 0. The Balaban J connectivity index is 1.63. The summed E-state index contributed by atoms with van der Waals surface area (Å²) in [6, 6.07) is 0.671. The van der Waals surface area contributed by atoms with E-state index in [1.165, 1.54) is 49.8 Å². The molecule has 2 saturated carbocycles. The van der Waals surface area contributed by atoms with Crippen molar-refractivity contribution in [2.24, 2.45) is 11.8 Å². The van der Waals surface area contributed by atoms with E-state index >= 15 is 0 Å². The van der Waals surface area contributed by atoms with Crippen molar-refractivity contribution >= 4 is 17.6 Å². The molecule has 2 bridgehead atoms. The molecule has 1 N–H and O–H groups in total. The zero-order chi connectivity index (χ0) is 13.5. The first-order chi connectivity index (χ1) is 9.83. The first-order valence-electron chi connectivity index (χ1n) is 8.04. The number of thioether (sulfide) groups is 1. The van der Waals surface area contributed by atoms with Gasteiger partial charge < -0.3 is 5.32 Å². The molecule has 108 valence electrons. The van der Waals surface area contributed by atoms with Crippen molar-refractivity contribution in [3.63, 3.8) is 0 Å². The fraction of sp³-hybridized carbons (Fsp3) is 0.750. The van der Waals surface area contributed by atoms with Crippen molar-refractivity contribution < 1.29 is 0 Å². The van der Waals surface area contributed by atoms with E-state index < -0.39 is 0 Å². The van der Waals surface area contributed by atoms with E-state index in [1.807, 2.05) is 0 Å². The van der Waals surface area contributed by atoms with Gasteiger partial charge in [0, 0.05) is 11.6 Å². The molecule has 0 saturated heterocycles. The Morgan fingerprint density at radius 2 is 2.00 bits per heavy atom. The van der Waals surface area contributed by atoms with Crippen molar-refractivity contribution in [3.8, 4) is 0 Å². The fourth-order valence-electron chi connectivity index (χ4n) is 4.38. The molecule has 3 unspecified atom stereocenters. The molecule has 2 fully saturated rings. The van der Waals surface area contributed by atoms with Gasteiger partial charge in [0.05, 0.1) is 5.69 Å². The molecule has 3 nitrogen and oxygen atoms in total. The second-order valence-corrected chi connectivity index (χ2v) is 7.39. The molecule has 3 atom stereocenters. The molecule has 1 heterocycles. The number of nitrogens with one attached hydrogen (secondary N) is 1. The predicted molar refractivity (Wildman–Crippen MR) is 83.3 cm³/mol. The van der Waals surface area contributed by atoms with Crippen LogP contribution >= 0.6 is 11.8 Å². The van der Waals surface area contributed by atoms with Gasteiger partial charge in [-0.3, -0.25) is 0 Å². The fourth-order valence-corrected chi connectivity index (χ4v) is 4.76. The zero-order valence-electron chi connectivity index (χ0n) is 12.2. The lowest BCUT2D eigenvalue weighted by Crippen LogP contribution is -2.28. The van der Waals surface area contributed by atoms with Gasteiger partial charge in [-0.25, -0.2) is 9.97 Å². The van der Waals surface area contributed by atoms with Crippen LogP contribution in [0.25, 0.3) is 0 Å². The van der Waals surface area contributed by atoms with Crippen LogP contribution in [0, 0.1) is 11.8 Å². The third-order valence-corrected chi connectivity index (χ3v) is 5.95. The van der Waals surface area contributed by atoms with E-state index in [4.69, 9.17) is 9.97 Å². The molecule has 0 amide bonds. The van der Waals surface area contributed by atoms with Gasteiger partial charge in [-0.05, 0) is 63.0 Å². The van der Waals surface area contributed by atoms with Crippen molar-refractivity contribution in [1.82, 2.24) is 9.97 Å². The molecule has 3 aliphatic carbocycles. The van der Waals surface area contributed by atoms with Gasteiger partial charge in [-0.2, -0.15) is 0 Å². The number of fused-ring (bicyclic) bond motifs is 3. The maximum absolute atomic E-state index is 4.79. The highest BCUT2D eigenvalue weighted by atomic mass is 32.2. The van der Waals surface area contributed by atoms with Crippen LogP contribution in [-0.2, 0) is 12.8 Å². The highest BCUT2D eigenvalue weighted by Crippen LogP contribution is 2.45. The van der Waals surface area contributed by atoms with Gasteiger partial charge in [0.2, 0.25) is 0 Å². The zero-order valence-corrected chi connectivity index (χ0v) is 13.0. The number of hydrogen-bond acceptors (Lipinski definition) is 4. The van der Waals surface area contributed by atoms with Gasteiger partial charge in [0.1, 0.15) is 5.82 Å². The van der Waals surface area contributed by atoms with Crippen LogP contribution in [0.15, 0.2) is 5.16 Å². The molecule has 3 aliphatic rings. The summed E-state index contributed by atoms with van der Waals surface area (Å²) < 4.78 is 0. The van der Waals surface area contributed by atoms with Crippen LogP contribution < -0.4 is 5.32 Å². The highest BCUT2D eigenvalue weighted by Gasteiger charge is 2.40. The number of hydrogen-bond donors (Lipinski definition) is 1. The minimum Gasteiger partial charge on any atom is -0.367 e. The van der Waals surface area contributed by atoms with Crippen molar-refractivity contribution in [2.75, 3.05) is 11.6 Å². The van der Waals surface area contributed by atoms with Gasteiger partial charge in [-0.1, -0.05) is 18.2 Å². The highest BCUT2D eigenvalue weighted by molar-refractivity contribution is 7.98. The minimum absolute atomic E-state index is 0.671. The molecule has 1 aromatic heterocycles. The first kappa shape index (κ1) is 12.9. The van der Waals surface area contributed by atoms with Crippen LogP contribution in [0.2, 0.25) is 0 Å². The molecular formula is C16H23N3S. The van der Waals surface area contributed by atoms with Crippen molar-refractivity contribution in [1.29, 1.82) is 0 Å². The second kappa shape index (κ2) is 5.21. The quantitative estimate of drug-likeness (QED) is 0.680. The number of rotatable bonds is 3. The number of aryl methyl sites for hydroxylation is 1. The summed E-state index contributed by atoms with van der Waals surface area (Å²) in [4.78, 5) is 9.52. The Bertz CT molecular complexity index is 517. The topological polar surface area (TPSA) is 37.8 Å². The Hall–Kier alpha value is -0.770. The lowest BCUT2D eigenvalue weighted by atomic mass is 9.93. The monoisotopic (exact) mass is 289 g/mol. The molecule has 0 aromatic carbocycles. The second-order valence-electron chi connectivity index (χ2n) is 6.62. The molecule has 4 rings (SSSR count). The van der Waals surface area contributed by atoms with Gasteiger partial charge in [-0.15, -0.1) is 0 Å². The number of anilines is 1. The molecule has 20 heavy (non-hydrogen) atoms. The Labute approximate surface area is 125 Å². The summed E-state index contributed by atoms with van der Waals surface area (Å²) in [5.74, 6) is 3.04. The van der Waals surface area contributed by atoms with E-state index in [9.17, 15) is 0 Å². The third-order valence-electron chi connectivity index (χ3n) is 5.41. The summed E-state index contributed by atoms with van der Waals surface area (Å²) in [7, 11) is 0. The smallest absolute Gasteiger partial charge is 0.189 e. The number of aromatic nitrogens is 2. The van der Waals surface area contributed by atoms with E-state index in [-0.39, 0.29) is 0 Å². The SMILES string of the molecule is CSc1nc2c(c(NC3CC4CCC3C4)n1)CCCC2. The van der Waals surface area contributed by atoms with Crippen LogP contribution in [0.3, 0.4) is 0 Å². The average molecular weight is 289 g/mol. The molecule has 0 spiro atoms. The Kier molecular flexibility index (Phi) is 3.37. The summed E-state index contributed by atoms with van der Waals surface area (Å²) in [5.41, 5.74) is 2.72. The Morgan fingerprint density at radius 3 is 2.75 bits per heavy atom. The van der Waals surface area contributed by atoms with Crippen LogP contribution in [0.4, 0.5) is 5.82 Å². The van der Waals surface area contributed by atoms with Crippen molar-refractivity contribution in [2.45, 2.75) is 62.6 Å². The van der Waals surface area contributed by atoms with E-state index in [0.717, 1.165) is 35.7 Å². The molecular weight excluding hydrogens is 266 g/mol. The molecule has 0 aliphatic heterocycles. The van der Waals surface area contributed by atoms with E-state index in [2.05, 4.69) is 11.6 Å². The van der Waals surface area contributed by atoms with Crippen molar-refractivity contribution in [3.05, 3.63) is 11.3 Å². The van der Waals surface area contributed by atoms with Gasteiger partial charge >= 0.3 is 0 Å². The maximum atomic E-state index is 4.79. The summed E-state index contributed by atoms with van der Waals surface area (Å²) in [6.07, 6.45) is 12.6.